The third-order valence-corrected chi connectivity index (χ3v) is 5.28. The van der Waals surface area contributed by atoms with E-state index in [9.17, 15) is 15.0 Å². The monoisotopic (exact) mass is 359 g/mol. The fourth-order valence-corrected chi connectivity index (χ4v) is 3.59. The first-order valence-electron chi connectivity index (χ1n) is 9.31. The van der Waals surface area contributed by atoms with Gasteiger partial charge in [-0.25, -0.2) is 0 Å². The van der Waals surface area contributed by atoms with Gasteiger partial charge in [0.15, 0.2) is 6.29 Å². The average molecular weight is 359 g/mol. The molecule has 7 atom stereocenters. The number of aliphatic hydroxyl groups is 2. The van der Waals surface area contributed by atoms with Crippen LogP contribution in [0.25, 0.3) is 0 Å². The van der Waals surface area contributed by atoms with Crippen LogP contribution in [0.5, 0.6) is 0 Å². The van der Waals surface area contributed by atoms with Gasteiger partial charge in [-0.05, 0) is 33.1 Å². The van der Waals surface area contributed by atoms with Gasteiger partial charge in [-0.2, -0.15) is 0 Å². The second kappa shape index (κ2) is 8.77. The van der Waals surface area contributed by atoms with Crippen LogP contribution in [0.15, 0.2) is 0 Å². The van der Waals surface area contributed by atoms with Crippen LogP contribution in [0.3, 0.4) is 0 Å². The van der Waals surface area contributed by atoms with E-state index < -0.39 is 24.0 Å². The largest absolute Gasteiger partial charge is 0.393 e. The first-order chi connectivity index (χ1) is 11.7. The second-order valence-electron chi connectivity index (χ2n) is 7.62. The Labute approximate surface area is 150 Å². The van der Waals surface area contributed by atoms with Crippen molar-refractivity contribution in [1.29, 1.82) is 0 Å². The number of hydrogen-bond acceptors (Lipinski definition) is 6. The highest BCUT2D eigenvalue weighted by Crippen LogP contribution is 2.30. The van der Waals surface area contributed by atoms with Crippen molar-refractivity contribution in [2.75, 3.05) is 6.61 Å². The third-order valence-electron chi connectivity index (χ3n) is 5.28. The summed E-state index contributed by atoms with van der Waals surface area (Å²) in [7, 11) is 0. The summed E-state index contributed by atoms with van der Waals surface area (Å²) in [5.74, 6) is -0.117. The van der Waals surface area contributed by atoms with Crippen molar-refractivity contribution < 1.29 is 29.2 Å². The van der Waals surface area contributed by atoms with Gasteiger partial charge < -0.3 is 29.7 Å². The van der Waals surface area contributed by atoms with Crippen LogP contribution in [0, 0.1) is 0 Å². The van der Waals surface area contributed by atoms with Crippen molar-refractivity contribution >= 4 is 5.91 Å². The molecule has 0 bridgehead atoms. The Bertz CT molecular complexity index is 447. The van der Waals surface area contributed by atoms with E-state index in [1.807, 2.05) is 20.8 Å². The van der Waals surface area contributed by atoms with Gasteiger partial charge in [0, 0.05) is 19.8 Å². The molecule has 0 radical (unpaired) electrons. The van der Waals surface area contributed by atoms with Gasteiger partial charge in [-0.1, -0.05) is 6.92 Å². The summed E-state index contributed by atoms with van der Waals surface area (Å²) in [6.45, 7) is 7.60. The number of carbonyl (C=O) groups excluding carboxylic acids is 1. The smallest absolute Gasteiger partial charge is 0.217 e. The van der Waals surface area contributed by atoms with Crippen LogP contribution in [-0.2, 0) is 19.0 Å². The summed E-state index contributed by atoms with van der Waals surface area (Å²) in [5, 5.41) is 23.2. The van der Waals surface area contributed by atoms with Gasteiger partial charge in [0.2, 0.25) is 5.91 Å². The third kappa shape index (κ3) is 5.62. The van der Waals surface area contributed by atoms with Gasteiger partial charge in [0.05, 0.1) is 36.6 Å². The number of aliphatic hydroxyl groups excluding tert-OH is 2. The van der Waals surface area contributed by atoms with Crippen LogP contribution in [0.2, 0.25) is 0 Å². The van der Waals surface area contributed by atoms with Crippen molar-refractivity contribution in [2.45, 2.75) is 102 Å². The van der Waals surface area contributed by atoms with Crippen molar-refractivity contribution in [2.24, 2.45) is 0 Å². The number of carbonyl (C=O) groups is 1. The Morgan fingerprint density at radius 1 is 1.28 bits per heavy atom. The van der Waals surface area contributed by atoms with Gasteiger partial charge in [0.25, 0.3) is 0 Å². The second-order valence-corrected chi connectivity index (χ2v) is 7.62. The molecule has 2 fully saturated rings. The summed E-state index contributed by atoms with van der Waals surface area (Å²) in [6, 6.07) is 0. The van der Waals surface area contributed by atoms with Gasteiger partial charge in [0.1, 0.15) is 6.10 Å². The molecule has 2 aliphatic heterocycles. The zero-order valence-corrected chi connectivity index (χ0v) is 15.7. The van der Waals surface area contributed by atoms with Gasteiger partial charge in [-0.15, -0.1) is 0 Å². The lowest BCUT2D eigenvalue weighted by molar-refractivity contribution is -0.253. The molecule has 2 saturated heterocycles. The van der Waals surface area contributed by atoms with E-state index in [4.69, 9.17) is 14.2 Å². The normalized spacial score (nSPS) is 38.8. The Morgan fingerprint density at radius 2 is 2.00 bits per heavy atom. The molecule has 1 amide bonds. The molecule has 2 heterocycles. The first kappa shape index (κ1) is 20.6. The zero-order valence-electron chi connectivity index (χ0n) is 15.7. The van der Waals surface area contributed by atoms with Crippen LogP contribution < -0.4 is 5.32 Å². The van der Waals surface area contributed by atoms with Crippen LogP contribution in [0.4, 0.5) is 0 Å². The van der Waals surface area contributed by atoms with E-state index in [0.29, 0.717) is 25.7 Å². The van der Waals surface area contributed by atoms with Gasteiger partial charge in [-0.3, -0.25) is 4.79 Å². The van der Waals surface area contributed by atoms with E-state index >= 15 is 0 Å². The Hall–Kier alpha value is -0.730. The summed E-state index contributed by atoms with van der Waals surface area (Å²) in [6.07, 6.45) is 0.751. The number of rotatable bonds is 6. The molecular weight excluding hydrogens is 326 g/mol. The van der Waals surface area contributed by atoms with Crippen LogP contribution >= 0.6 is 0 Å². The van der Waals surface area contributed by atoms with E-state index in [-0.39, 0.29) is 30.8 Å². The van der Waals surface area contributed by atoms with Crippen LogP contribution in [-0.4, -0.2) is 65.1 Å². The Morgan fingerprint density at radius 3 is 2.64 bits per heavy atom. The van der Waals surface area contributed by atoms with E-state index in [0.717, 1.165) is 6.42 Å². The molecule has 25 heavy (non-hydrogen) atoms. The molecule has 7 heteroatoms. The predicted octanol–water partition coefficient (Wildman–Crippen LogP) is 1.10. The number of nitrogens with one attached hydrogen (secondary N) is 1. The highest BCUT2D eigenvalue weighted by molar-refractivity contribution is 5.73. The van der Waals surface area contributed by atoms with Crippen molar-refractivity contribution in [1.82, 2.24) is 5.32 Å². The maximum absolute atomic E-state index is 11.5. The molecule has 3 N–H and O–H groups in total. The van der Waals surface area contributed by atoms with E-state index in [2.05, 4.69) is 5.32 Å². The summed E-state index contributed by atoms with van der Waals surface area (Å²) >= 11 is 0. The topological polar surface area (TPSA) is 97.3 Å². The minimum Gasteiger partial charge on any atom is -0.393 e. The van der Waals surface area contributed by atoms with Crippen molar-refractivity contribution in [3.8, 4) is 0 Å². The molecule has 0 aromatic rings. The standard InChI is InChI=1S/C18H33NO6/c1-5-18(4,19-12(3)20)16-9-13(21)8-14(25-16)10-23-17-15(22)7-6-11(2)24-17/h11,13-17,21-22H,5-10H2,1-4H3,(H,19,20)/t11-,13-,14-,15-,16+,17+,18?/m0/s1. The molecule has 2 rings (SSSR count). The lowest BCUT2D eigenvalue weighted by Gasteiger charge is -2.44. The minimum absolute atomic E-state index is 0.0576. The Balaban J connectivity index is 1.94. The lowest BCUT2D eigenvalue weighted by atomic mass is 9.84. The SMILES string of the molecule is CCC(C)(NC(C)=O)[C@H]1C[C@@H](O)C[C@@H](CO[C@@H]2O[C@@H](C)CC[C@@H]2O)O1. The number of amides is 1. The summed E-state index contributed by atoms with van der Waals surface area (Å²) in [4.78, 5) is 11.5. The first-order valence-corrected chi connectivity index (χ1v) is 9.31. The zero-order chi connectivity index (χ0) is 18.6. The molecule has 146 valence electrons. The fourth-order valence-electron chi connectivity index (χ4n) is 3.59. The van der Waals surface area contributed by atoms with Crippen molar-refractivity contribution in [3.05, 3.63) is 0 Å². The average Bonchev–Trinajstić information content (AvgIpc) is 2.54. The lowest BCUT2D eigenvalue weighted by Crippen LogP contribution is -2.58. The Kier molecular flexibility index (Phi) is 7.22. The molecule has 0 aromatic carbocycles. The number of ether oxygens (including phenoxy) is 3. The quantitative estimate of drug-likeness (QED) is 0.657. The van der Waals surface area contributed by atoms with Crippen molar-refractivity contribution in [3.63, 3.8) is 0 Å². The van der Waals surface area contributed by atoms with E-state index in [1.54, 1.807) is 0 Å². The fraction of sp³-hybridized carbons (Fsp3) is 0.944. The summed E-state index contributed by atoms with van der Waals surface area (Å²) in [5.41, 5.74) is -0.541. The summed E-state index contributed by atoms with van der Waals surface area (Å²) < 4.78 is 17.5. The molecule has 0 aliphatic carbocycles. The molecule has 0 aromatic heterocycles. The minimum atomic E-state index is -0.655. The maximum Gasteiger partial charge on any atom is 0.217 e. The molecular formula is C18H33NO6. The molecule has 1 unspecified atom stereocenters. The predicted molar refractivity (Wildman–Crippen MR) is 91.9 cm³/mol. The number of hydrogen-bond donors (Lipinski definition) is 3. The van der Waals surface area contributed by atoms with E-state index in [1.165, 1.54) is 6.92 Å². The molecule has 0 saturated carbocycles. The highest BCUT2D eigenvalue weighted by atomic mass is 16.7. The van der Waals surface area contributed by atoms with Crippen LogP contribution in [0.1, 0.15) is 59.8 Å². The molecule has 0 spiro atoms. The molecule has 7 nitrogen and oxygen atoms in total. The highest BCUT2D eigenvalue weighted by Gasteiger charge is 2.41. The maximum atomic E-state index is 11.5. The van der Waals surface area contributed by atoms with Gasteiger partial charge >= 0.3 is 0 Å². The molecule has 2 aliphatic rings.